The van der Waals surface area contributed by atoms with Crippen LogP contribution in [0.3, 0.4) is 0 Å². The molecule has 202 valence electrons. The molecule has 1 aromatic heterocycles. The van der Waals surface area contributed by atoms with Gasteiger partial charge in [0.05, 0.1) is 23.5 Å². The van der Waals surface area contributed by atoms with Crippen molar-refractivity contribution in [3.63, 3.8) is 0 Å². The number of carbonyl (C=O) groups is 2. The highest BCUT2D eigenvalue weighted by atomic mass is 16.6. The number of benzene rings is 1. The highest BCUT2D eigenvalue weighted by molar-refractivity contribution is 6.05. The van der Waals surface area contributed by atoms with Gasteiger partial charge in [0.1, 0.15) is 0 Å². The van der Waals surface area contributed by atoms with E-state index in [-0.39, 0.29) is 30.1 Å². The molecule has 2 aromatic rings. The molecule has 0 spiro atoms. The van der Waals surface area contributed by atoms with E-state index in [1.165, 1.54) is 5.69 Å². The van der Waals surface area contributed by atoms with E-state index in [1.807, 2.05) is 37.8 Å². The number of unbranched alkanes of at least 4 members (excludes halogenated alkanes) is 2. The number of amides is 2. The second-order valence-electron chi connectivity index (χ2n) is 10.8. The maximum Gasteiger partial charge on any atom is 0.414 e. The number of fused-ring (bicyclic) bond motifs is 1. The minimum atomic E-state index is -0.365. The first kappa shape index (κ1) is 27.2. The van der Waals surface area contributed by atoms with Crippen molar-refractivity contribution in [2.45, 2.75) is 91.8 Å². The van der Waals surface area contributed by atoms with E-state index in [1.54, 1.807) is 4.90 Å². The summed E-state index contributed by atoms with van der Waals surface area (Å²) < 4.78 is 13.5. The van der Waals surface area contributed by atoms with E-state index in [4.69, 9.17) is 9.47 Å². The third kappa shape index (κ3) is 6.56. The van der Waals surface area contributed by atoms with Gasteiger partial charge < -0.3 is 18.9 Å². The first-order valence-electron chi connectivity index (χ1n) is 14.0. The SMILES string of the molecule is CCCOCCCCCn1cc(-c2ccc3c(c2)N(C(=O)OC(C)C)CC(C)N3C(=O)C2CC2)cc1C. The molecular formula is C30H43N3O4. The lowest BCUT2D eigenvalue weighted by Crippen LogP contribution is -2.52. The maximum absolute atomic E-state index is 13.2. The third-order valence-corrected chi connectivity index (χ3v) is 7.12. The molecular weight excluding hydrogens is 466 g/mol. The molecule has 1 atom stereocenters. The van der Waals surface area contributed by atoms with Crippen LogP contribution < -0.4 is 9.80 Å². The van der Waals surface area contributed by atoms with E-state index in [0.29, 0.717) is 6.54 Å². The first-order valence-corrected chi connectivity index (χ1v) is 14.0. The minimum absolute atomic E-state index is 0.109. The summed E-state index contributed by atoms with van der Waals surface area (Å²) in [5, 5.41) is 0. The van der Waals surface area contributed by atoms with E-state index in [2.05, 4.69) is 36.7 Å². The zero-order valence-corrected chi connectivity index (χ0v) is 23.2. The lowest BCUT2D eigenvalue weighted by atomic mass is 10.0. The Morgan fingerprint density at radius 2 is 1.81 bits per heavy atom. The molecule has 1 unspecified atom stereocenters. The zero-order valence-electron chi connectivity index (χ0n) is 23.2. The van der Waals surface area contributed by atoms with Crippen LogP contribution in [-0.2, 0) is 20.8 Å². The Kier molecular flexibility index (Phi) is 8.95. The van der Waals surface area contributed by atoms with Crippen molar-refractivity contribution in [3.8, 4) is 11.1 Å². The van der Waals surface area contributed by atoms with Crippen LogP contribution in [0.15, 0.2) is 30.5 Å². The number of rotatable bonds is 11. The van der Waals surface area contributed by atoms with E-state index >= 15 is 0 Å². The largest absolute Gasteiger partial charge is 0.446 e. The lowest BCUT2D eigenvalue weighted by molar-refractivity contribution is -0.120. The van der Waals surface area contributed by atoms with Crippen molar-refractivity contribution >= 4 is 23.4 Å². The standard InChI is InChI=1S/C30H43N3O4/c1-6-15-36-16-9-7-8-14-31-20-26(17-22(31)4)25-12-13-27-28(18-25)32(30(35)37-21(2)3)19-23(5)33(27)29(34)24-10-11-24/h12-13,17-18,20-21,23-24H,6-11,14-16,19H2,1-5H3. The molecule has 2 aliphatic rings. The number of carbonyl (C=O) groups excluding carboxylic acids is 2. The lowest BCUT2D eigenvalue weighted by Gasteiger charge is -2.41. The third-order valence-electron chi connectivity index (χ3n) is 7.12. The van der Waals surface area contributed by atoms with Gasteiger partial charge in [0, 0.05) is 44.1 Å². The Bertz CT molecular complexity index is 1090. The Morgan fingerprint density at radius 1 is 1.03 bits per heavy atom. The van der Waals surface area contributed by atoms with Crippen molar-refractivity contribution in [2.75, 3.05) is 29.6 Å². The summed E-state index contributed by atoms with van der Waals surface area (Å²) in [6, 6.07) is 8.20. The van der Waals surface area contributed by atoms with Gasteiger partial charge in [-0.25, -0.2) is 4.79 Å². The average Bonchev–Trinajstić information content (AvgIpc) is 3.65. The van der Waals surface area contributed by atoms with Crippen LogP contribution in [0.1, 0.15) is 71.9 Å². The molecule has 0 saturated heterocycles. The quantitative estimate of drug-likeness (QED) is 0.322. The van der Waals surface area contributed by atoms with Crippen molar-refractivity contribution in [2.24, 2.45) is 5.92 Å². The fraction of sp³-hybridized carbons (Fsp3) is 0.600. The molecule has 1 aromatic carbocycles. The average molecular weight is 510 g/mol. The highest BCUT2D eigenvalue weighted by Crippen LogP contribution is 2.42. The molecule has 7 nitrogen and oxygen atoms in total. The summed E-state index contributed by atoms with van der Waals surface area (Å²) in [4.78, 5) is 29.8. The fourth-order valence-corrected chi connectivity index (χ4v) is 5.03. The van der Waals surface area contributed by atoms with Gasteiger partial charge >= 0.3 is 6.09 Å². The maximum atomic E-state index is 13.2. The normalized spacial score (nSPS) is 17.3. The molecule has 1 aliphatic carbocycles. The van der Waals surface area contributed by atoms with Gasteiger partial charge in [0.25, 0.3) is 0 Å². The Labute approximate surface area is 221 Å². The molecule has 1 fully saturated rings. The van der Waals surface area contributed by atoms with Crippen molar-refractivity contribution in [3.05, 3.63) is 36.2 Å². The molecule has 0 N–H and O–H groups in total. The molecule has 2 heterocycles. The Morgan fingerprint density at radius 3 is 2.51 bits per heavy atom. The van der Waals surface area contributed by atoms with Gasteiger partial charge in [0.2, 0.25) is 5.91 Å². The van der Waals surface area contributed by atoms with E-state index in [0.717, 1.165) is 80.8 Å². The van der Waals surface area contributed by atoms with Gasteiger partial charge in [-0.1, -0.05) is 13.0 Å². The predicted molar refractivity (Wildman–Crippen MR) is 148 cm³/mol. The molecule has 1 saturated carbocycles. The second kappa shape index (κ2) is 12.2. The van der Waals surface area contributed by atoms with Gasteiger partial charge in [-0.3, -0.25) is 9.69 Å². The smallest absolute Gasteiger partial charge is 0.414 e. The van der Waals surface area contributed by atoms with Crippen LogP contribution in [0.25, 0.3) is 11.1 Å². The number of anilines is 2. The van der Waals surface area contributed by atoms with Crippen LogP contribution in [0, 0.1) is 12.8 Å². The number of hydrogen-bond acceptors (Lipinski definition) is 4. The van der Waals surface area contributed by atoms with Gasteiger partial charge in [-0.15, -0.1) is 0 Å². The van der Waals surface area contributed by atoms with Gasteiger partial charge in [-0.2, -0.15) is 0 Å². The van der Waals surface area contributed by atoms with Crippen LogP contribution in [-0.4, -0.2) is 48.5 Å². The predicted octanol–water partition coefficient (Wildman–Crippen LogP) is 6.56. The first-order chi connectivity index (χ1) is 17.8. The van der Waals surface area contributed by atoms with Gasteiger partial charge in [0.15, 0.2) is 0 Å². The summed E-state index contributed by atoms with van der Waals surface area (Å²) >= 11 is 0. The van der Waals surface area contributed by atoms with Crippen molar-refractivity contribution < 1.29 is 19.1 Å². The van der Waals surface area contributed by atoms with E-state index < -0.39 is 0 Å². The Balaban J connectivity index is 1.55. The summed E-state index contributed by atoms with van der Waals surface area (Å²) in [5.74, 6) is 0.277. The molecule has 2 amide bonds. The van der Waals surface area contributed by atoms with Crippen LogP contribution >= 0.6 is 0 Å². The molecule has 1 aliphatic heterocycles. The number of aromatic nitrogens is 1. The van der Waals surface area contributed by atoms with Crippen molar-refractivity contribution in [1.82, 2.24) is 4.57 Å². The number of hydrogen-bond donors (Lipinski definition) is 0. The van der Waals surface area contributed by atoms with Crippen molar-refractivity contribution in [1.29, 1.82) is 0 Å². The van der Waals surface area contributed by atoms with E-state index in [9.17, 15) is 9.59 Å². The monoisotopic (exact) mass is 509 g/mol. The fourth-order valence-electron chi connectivity index (χ4n) is 5.03. The van der Waals surface area contributed by atoms with Crippen LogP contribution in [0.5, 0.6) is 0 Å². The summed E-state index contributed by atoms with van der Waals surface area (Å²) in [6.45, 7) is 13.1. The molecule has 7 heteroatoms. The number of aryl methyl sites for hydroxylation is 2. The summed E-state index contributed by atoms with van der Waals surface area (Å²) in [7, 11) is 0. The minimum Gasteiger partial charge on any atom is -0.446 e. The van der Waals surface area contributed by atoms with Gasteiger partial charge in [-0.05, 0) is 95.5 Å². The molecule has 37 heavy (non-hydrogen) atoms. The molecule has 0 bridgehead atoms. The summed E-state index contributed by atoms with van der Waals surface area (Å²) in [5.41, 5.74) is 4.89. The topological polar surface area (TPSA) is 64.0 Å². The Hall–Kier alpha value is -2.80. The number of ether oxygens (including phenoxy) is 2. The second-order valence-corrected chi connectivity index (χ2v) is 10.8. The highest BCUT2D eigenvalue weighted by Gasteiger charge is 2.41. The molecule has 0 radical (unpaired) electrons. The zero-order chi connectivity index (χ0) is 26.5. The van der Waals surface area contributed by atoms with Crippen LogP contribution in [0.2, 0.25) is 0 Å². The van der Waals surface area contributed by atoms with Crippen LogP contribution in [0.4, 0.5) is 16.2 Å². The number of nitrogens with zero attached hydrogens (tertiary/aromatic N) is 3. The summed E-state index contributed by atoms with van der Waals surface area (Å²) in [6.07, 6.45) is 7.93. The molecule has 4 rings (SSSR count).